The summed E-state index contributed by atoms with van der Waals surface area (Å²) in [6.07, 6.45) is 3.45. The lowest BCUT2D eigenvalue weighted by Crippen LogP contribution is -2.39. The number of ether oxygens (including phenoxy) is 1. The predicted octanol–water partition coefficient (Wildman–Crippen LogP) is 2.77. The second-order valence-electron chi connectivity index (χ2n) is 4.64. The lowest BCUT2D eigenvalue weighted by molar-refractivity contribution is -0.130. The highest BCUT2D eigenvalue weighted by Gasteiger charge is 2.15. The minimum atomic E-state index is 0.147. The number of carbonyl (C=O) groups is 1. The van der Waals surface area contributed by atoms with E-state index in [2.05, 4.69) is 5.32 Å². The highest BCUT2D eigenvalue weighted by Crippen LogP contribution is 2.27. The van der Waals surface area contributed by atoms with Crippen molar-refractivity contribution in [2.24, 2.45) is 0 Å². The minimum Gasteiger partial charge on any atom is -0.495 e. The Morgan fingerprint density at radius 3 is 2.79 bits per heavy atom. The monoisotopic (exact) mass is 282 g/mol. The first-order chi connectivity index (χ1) is 9.20. The topological polar surface area (TPSA) is 41.6 Å². The van der Waals surface area contributed by atoms with Crippen LogP contribution in [0, 0.1) is 0 Å². The van der Waals surface area contributed by atoms with Crippen molar-refractivity contribution < 1.29 is 9.53 Å². The SMILES string of the molecule is COc1cc(NCC(=O)N2CCCCC2)ccc1Cl. The van der Waals surface area contributed by atoms with Crippen molar-refractivity contribution in [2.75, 3.05) is 32.1 Å². The number of carbonyl (C=O) groups excluding carboxylic acids is 1. The molecule has 1 heterocycles. The van der Waals surface area contributed by atoms with E-state index in [-0.39, 0.29) is 5.91 Å². The van der Waals surface area contributed by atoms with Crippen LogP contribution in [-0.4, -0.2) is 37.6 Å². The molecule has 0 bridgehead atoms. The molecule has 4 nitrogen and oxygen atoms in total. The van der Waals surface area contributed by atoms with Gasteiger partial charge in [-0.15, -0.1) is 0 Å². The molecule has 0 saturated carbocycles. The molecule has 1 amide bonds. The van der Waals surface area contributed by atoms with Crippen molar-refractivity contribution >= 4 is 23.2 Å². The van der Waals surface area contributed by atoms with E-state index >= 15 is 0 Å². The van der Waals surface area contributed by atoms with Crippen LogP contribution in [0.5, 0.6) is 5.75 Å². The fraction of sp³-hybridized carbons (Fsp3) is 0.500. The van der Waals surface area contributed by atoms with Gasteiger partial charge >= 0.3 is 0 Å². The van der Waals surface area contributed by atoms with Crippen LogP contribution in [0.2, 0.25) is 5.02 Å². The number of halogens is 1. The Morgan fingerprint density at radius 1 is 1.37 bits per heavy atom. The van der Waals surface area contributed by atoms with E-state index in [0.29, 0.717) is 17.3 Å². The normalized spacial score (nSPS) is 15.2. The first kappa shape index (κ1) is 14.0. The highest BCUT2D eigenvalue weighted by atomic mass is 35.5. The van der Waals surface area contributed by atoms with E-state index in [9.17, 15) is 4.79 Å². The number of amides is 1. The summed E-state index contributed by atoms with van der Waals surface area (Å²) in [5.74, 6) is 0.755. The molecule has 1 aromatic rings. The van der Waals surface area contributed by atoms with Crippen molar-refractivity contribution in [2.45, 2.75) is 19.3 Å². The number of likely N-dealkylation sites (tertiary alicyclic amines) is 1. The Labute approximate surface area is 118 Å². The van der Waals surface area contributed by atoms with E-state index in [1.165, 1.54) is 6.42 Å². The summed E-state index contributed by atoms with van der Waals surface area (Å²) in [6, 6.07) is 5.40. The van der Waals surface area contributed by atoms with Gasteiger partial charge in [-0.05, 0) is 31.4 Å². The first-order valence-electron chi connectivity index (χ1n) is 6.56. The second kappa shape index (κ2) is 6.66. The number of hydrogen-bond donors (Lipinski definition) is 1. The number of hydrogen-bond acceptors (Lipinski definition) is 3. The molecular formula is C14H19ClN2O2. The minimum absolute atomic E-state index is 0.147. The van der Waals surface area contributed by atoms with Gasteiger partial charge in [0.05, 0.1) is 18.7 Å². The Bertz CT molecular complexity index is 445. The molecule has 1 fully saturated rings. The summed E-state index contributed by atoms with van der Waals surface area (Å²) >= 11 is 5.95. The molecule has 19 heavy (non-hydrogen) atoms. The molecule has 1 saturated heterocycles. The third-order valence-electron chi connectivity index (χ3n) is 3.30. The van der Waals surface area contributed by atoms with Crippen LogP contribution in [0.25, 0.3) is 0 Å². The largest absolute Gasteiger partial charge is 0.495 e. The Morgan fingerprint density at radius 2 is 2.11 bits per heavy atom. The average Bonchev–Trinajstić information content (AvgIpc) is 2.47. The van der Waals surface area contributed by atoms with Crippen molar-refractivity contribution in [3.63, 3.8) is 0 Å². The number of benzene rings is 1. The summed E-state index contributed by atoms with van der Waals surface area (Å²) in [7, 11) is 1.57. The second-order valence-corrected chi connectivity index (χ2v) is 5.05. The molecule has 5 heteroatoms. The molecular weight excluding hydrogens is 264 g/mol. The van der Waals surface area contributed by atoms with E-state index in [4.69, 9.17) is 16.3 Å². The Hall–Kier alpha value is -1.42. The third kappa shape index (κ3) is 3.77. The lowest BCUT2D eigenvalue weighted by atomic mass is 10.1. The quantitative estimate of drug-likeness (QED) is 0.923. The summed E-state index contributed by atoms with van der Waals surface area (Å²) in [5.41, 5.74) is 0.839. The smallest absolute Gasteiger partial charge is 0.241 e. The highest BCUT2D eigenvalue weighted by molar-refractivity contribution is 6.32. The maximum Gasteiger partial charge on any atom is 0.241 e. The molecule has 2 rings (SSSR count). The summed E-state index contributed by atoms with van der Waals surface area (Å²) < 4.78 is 5.14. The number of anilines is 1. The average molecular weight is 283 g/mol. The van der Waals surface area contributed by atoms with Gasteiger partial charge in [-0.3, -0.25) is 4.79 Å². The summed E-state index contributed by atoms with van der Waals surface area (Å²) in [4.78, 5) is 13.9. The lowest BCUT2D eigenvalue weighted by Gasteiger charge is -2.26. The Balaban J connectivity index is 1.89. The van der Waals surface area contributed by atoms with Crippen LogP contribution >= 0.6 is 11.6 Å². The van der Waals surface area contributed by atoms with Crippen molar-refractivity contribution in [1.29, 1.82) is 0 Å². The van der Waals surface area contributed by atoms with Gasteiger partial charge in [0.15, 0.2) is 0 Å². The predicted molar refractivity (Wildman–Crippen MR) is 76.9 cm³/mol. The molecule has 1 N–H and O–H groups in total. The molecule has 0 unspecified atom stereocenters. The van der Waals surface area contributed by atoms with Crippen molar-refractivity contribution in [1.82, 2.24) is 4.90 Å². The molecule has 0 aromatic heterocycles. The van der Waals surface area contributed by atoms with Crippen LogP contribution < -0.4 is 10.1 Å². The molecule has 1 aromatic carbocycles. The fourth-order valence-electron chi connectivity index (χ4n) is 2.20. The molecule has 0 atom stereocenters. The zero-order valence-electron chi connectivity index (χ0n) is 11.1. The van der Waals surface area contributed by atoms with Gasteiger partial charge in [-0.1, -0.05) is 11.6 Å². The molecule has 104 valence electrons. The van der Waals surface area contributed by atoms with Gasteiger partial charge in [-0.2, -0.15) is 0 Å². The van der Waals surface area contributed by atoms with Gasteiger partial charge in [0, 0.05) is 24.8 Å². The van der Waals surface area contributed by atoms with Gasteiger partial charge in [0.1, 0.15) is 5.75 Å². The Kier molecular flexibility index (Phi) is 4.91. The van der Waals surface area contributed by atoms with Crippen LogP contribution in [0.1, 0.15) is 19.3 Å². The van der Waals surface area contributed by atoms with Crippen LogP contribution in [0.15, 0.2) is 18.2 Å². The van der Waals surface area contributed by atoms with Gasteiger partial charge in [0.2, 0.25) is 5.91 Å². The van der Waals surface area contributed by atoms with E-state index in [1.807, 2.05) is 11.0 Å². The number of methoxy groups -OCH3 is 1. The third-order valence-corrected chi connectivity index (χ3v) is 3.62. The van der Waals surface area contributed by atoms with Crippen molar-refractivity contribution in [3.05, 3.63) is 23.2 Å². The summed E-state index contributed by atoms with van der Waals surface area (Å²) in [5, 5.41) is 3.68. The maximum atomic E-state index is 12.0. The van der Waals surface area contributed by atoms with Crippen molar-refractivity contribution in [3.8, 4) is 5.75 Å². The molecule has 0 radical (unpaired) electrons. The number of piperidine rings is 1. The number of rotatable bonds is 4. The maximum absolute atomic E-state index is 12.0. The summed E-state index contributed by atoms with van der Waals surface area (Å²) in [6.45, 7) is 2.07. The number of nitrogens with one attached hydrogen (secondary N) is 1. The van der Waals surface area contributed by atoms with E-state index < -0.39 is 0 Å². The molecule has 0 aliphatic carbocycles. The van der Waals surface area contributed by atoms with Gasteiger partial charge in [-0.25, -0.2) is 0 Å². The fourth-order valence-corrected chi connectivity index (χ4v) is 2.40. The molecule has 1 aliphatic rings. The standard InChI is InChI=1S/C14H19ClN2O2/c1-19-13-9-11(5-6-12(13)15)16-10-14(18)17-7-3-2-4-8-17/h5-6,9,16H,2-4,7-8,10H2,1H3. The zero-order valence-corrected chi connectivity index (χ0v) is 11.9. The van der Waals surface area contributed by atoms with Gasteiger partial charge < -0.3 is 15.0 Å². The first-order valence-corrected chi connectivity index (χ1v) is 6.93. The zero-order chi connectivity index (χ0) is 13.7. The van der Waals surface area contributed by atoms with Crippen LogP contribution in [0.4, 0.5) is 5.69 Å². The van der Waals surface area contributed by atoms with Gasteiger partial charge in [0.25, 0.3) is 0 Å². The van der Waals surface area contributed by atoms with Crippen LogP contribution in [0.3, 0.4) is 0 Å². The number of nitrogens with zero attached hydrogens (tertiary/aromatic N) is 1. The van der Waals surface area contributed by atoms with Crippen LogP contribution in [-0.2, 0) is 4.79 Å². The molecule has 1 aliphatic heterocycles. The molecule has 0 spiro atoms. The van der Waals surface area contributed by atoms with E-state index in [1.54, 1.807) is 19.2 Å². The van der Waals surface area contributed by atoms with E-state index in [0.717, 1.165) is 31.6 Å².